The molecule has 6 heterocycles. The number of nitrogens with one attached hydrogen (secondary N) is 3. The number of nitrogens with zero attached hydrogens (tertiary/aromatic N) is 5. The minimum absolute atomic E-state index is 0.000111. The Hall–Kier alpha value is -6.31. The van der Waals surface area contributed by atoms with Crippen LogP contribution in [-0.2, 0) is 26.3 Å². The lowest BCUT2D eigenvalue weighted by molar-refractivity contribution is -0.136. The molecule has 15 nitrogen and oxygen atoms in total. The Kier molecular flexibility index (Phi) is 10.7. The third-order valence-electron chi connectivity index (χ3n) is 13.0. The minimum Gasteiger partial charge on any atom is -0.490 e. The second kappa shape index (κ2) is 16.4. The van der Waals surface area contributed by atoms with Crippen molar-refractivity contribution in [2.24, 2.45) is 0 Å². The van der Waals surface area contributed by atoms with Crippen molar-refractivity contribution in [3.05, 3.63) is 107 Å². The normalized spacial score (nSPS) is 23.0. The number of halogens is 3. The molecule has 0 bridgehead atoms. The summed E-state index contributed by atoms with van der Waals surface area (Å²) in [5.41, 5.74) is 2.58. The monoisotopic (exact) mass is 896 g/mol. The first-order valence-electron chi connectivity index (χ1n) is 21.2. The second-order valence-corrected chi connectivity index (χ2v) is 18.6. The molecule has 4 aliphatic heterocycles. The van der Waals surface area contributed by atoms with Gasteiger partial charge in [-0.3, -0.25) is 34.1 Å². The number of rotatable bonds is 11. The number of piperidine rings is 1. The number of aromatic nitrogens is 2. The number of H-pyrrole nitrogens is 1. The Morgan fingerprint density at radius 3 is 2.42 bits per heavy atom. The van der Waals surface area contributed by atoms with Crippen molar-refractivity contribution in [2.45, 2.75) is 63.0 Å². The summed E-state index contributed by atoms with van der Waals surface area (Å²) in [6.07, 6.45) is 3.95. The van der Waals surface area contributed by atoms with Gasteiger partial charge in [-0.05, 0) is 72.5 Å². The lowest BCUT2D eigenvalue weighted by Crippen LogP contribution is -2.56. The van der Waals surface area contributed by atoms with Crippen LogP contribution in [0.3, 0.4) is 0 Å². The van der Waals surface area contributed by atoms with Crippen molar-refractivity contribution in [3.8, 4) is 16.9 Å². The highest BCUT2D eigenvalue weighted by molar-refractivity contribution is 7.90. The molecule has 5 aromatic rings. The number of fused-ring (bicyclic) bond motifs is 2. The Labute approximate surface area is 365 Å². The molecule has 3 saturated heterocycles. The maximum Gasteiger partial charge on any atom is 0.301 e. The van der Waals surface area contributed by atoms with Crippen LogP contribution in [0.5, 0.6) is 5.75 Å². The van der Waals surface area contributed by atoms with Crippen molar-refractivity contribution in [3.63, 3.8) is 0 Å². The number of alkyl halides is 1. The number of anilines is 2. The van der Waals surface area contributed by atoms with E-state index in [1.807, 2.05) is 35.1 Å². The molecule has 1 unspecified atom stereocenters. The molecular weight excluding hydrogens is 854 g/mol. The zero-order chi connectivity index (χ0) is 44.4. The molecule has 0 spiro atoms. The Morgan fingerprint density at radius 2 is 1.69 bits per heavy atom. The van der Waals surface area contributed by atoms with Gasteiger partial charge in [0.05, 0.1) is 11.3 Å². The van der Waals surface area contributed by atoms with Gasteiger partial charge in [-0.1, -0.05) is 12.1 Å². The first kappa shape index (κ1) is 41.7. The van der Waals surface area contributed by atoms with Crippen molar-refractivity contribution in [2.75, 3.05) is 48.9 Å². The topological polar surface area (TPSA) is 177 Å². The number of ketones is 1. The smallest absolute Gasteiger partial charge is 0.301 e. The molecule has 0 radical (unpaired) electrons. The summed E-state index contributed by atoms with van der Waals surface area (Å²) in [7, 11) is -4.36. The number of carbonyl (C=O) groups excluding carboxylic acids is 4. The van der Waals surface area contributed by atoms with E-state index < -0.39 is 63.5 Å². The number of hydrogen-bond donors (Lipinski definition) is 3. The number of imide groups is 1. The van der Waals surface area contributed by atoms with Gasteiger partial charge in [-0.25, -0.2) is 18.2 Å². The number of amides is 3. The predicted octanol–water partition coefficient (Wildman–Crippen LogP) is 4.93. The largest absolute Gasteiger partial charge is 0.490 e. The number of hydrogen-bond acceptors (Lipinski definition) is 10. The van der Waals surface area contributed by atoms with E-state index in [-0.39, 0.29) is 42.9 Å². The molecule has 64 heavy (non-hydrogen) atoms. The third kappa shape index (κ3) is 7.74. The van der Waals surface area contributed by atoms with Crippen LogP contribution in [0.25, 0.3) is 22.2 Å². The highest BCUT2D eigenvalue weighted by Crippen LogP contribution is 2.36. The second-order valence-electron chi connectivity index (χ2n) is 16.9. The van der Waals surface area contributed by atoms with Crippen molar-refractivity contribution in [1.82, 2.24) is 29.4 Å². The zero-order valence-electron chi connectivity index (χ0n) is 34.4. The molecule has 3 amide bonds. The fourth-order valence-electron chi connectivity index (χ4n) is 9.39. The van der Waals surface area contributed by atoms with Crippen molar-refractivity contribution >= 4 is 56.1 Å². The third-order valence-corrected chi connectivity index (χ3v) is 14.5. The quantitative estimate of drug-likeness (QED) is 0.122. The van der Waals surface area contributed by atoms with Gasteiger partial charge in [0.15, 0.2) is 5.82 Å². The van der Waals surface area contributed by atoms with Gasteiger partial charge >= 0.3 is 10.2 Å². The maximum absolute atomic E-state index is 15.7. The highest BCUT2D eigenvalue weighted by atomic mass is 32.2. The summed E-state index contributed by atoms with van der Waals surface area (Å²) in [4.78, 5) is 64.5. The zero-order valence-corrected chi connectivity index (χ0v) is 35.2. The molecule has 332 valence electrons. The van der Waals surface area contributed by atoms with Crippen LogP contribution < -0.4 is 19.7 Å². The highest BCUT2D eigenvalue weighted by Gasteiger charge is 2.41. The van der Waals surface area contributed by atoms with E-state index in [1.54, 1.807) is 24.4 Å². The summed E-state index contributed by atoms with van der Waals surface area (Å²) < 4.78 is 79.3. The minimum atomic E-state index is -4.36. The molecule has 1 aliphatic carbocycles. The van der Waals surface area contributed by atoms with Crippen LogP contribution in [-0.4, -0.2) is 120 Å². The molecule has 2 aromatic heterocycles. The van der Waals surface area contributed by atoms with Gasteiger partial charge < -0.3 is 19.5 Å². The van der Waals surface area contributed by atoms with Crippen LogP contribution in [0.1, 0.15) is 63.9 Å². The average Bonchev–Trinajstić information content (AvgIpc) is 4.00. The Bertz CT molecular complexity index is 2830. The van der Waals surface area contributed by atoms with Gasteiger partial charge in [0, 0.05) is 111 Å². The van der Waals surface area contributed by atoms with Crippen molar-refractivity contribution in [1.29, 1.82) is 0 Å². The molecule has 2 atom stereocenters. The maximum atomic E-state index is 15.7. The SMILES string of the molecule is O=C1CCC(N2Cc3cc(OC4CC(N5CCN(c6ccc(-c7cnc8[nH]cc(C(=O)c9c(F)ccc(NS(=O)(=O)N%10CC[C@@H](F)C%10)c9F)c8c7)cc6)CC5)C4)ccc3C2=O)C(=O)N1. The van der Waals surface area contributed by atoms with Crippen LogP contribution in [0.4, 0.5) is 24.5 Å². The summed E-state index contributed by atoms with van der Waals surface area (Å²) >= 11 is 0. The van der Waals surface area contributed by atoms with E-state index >= 15 is 8.78 Å². The molecule has 4 fully saturated rings. The first-order chi connectivity index (χ1) is 30.8. The number of aromatic amines is 1. The van der Waals surface area contributed by atoms with Gasteiger partial charge in [0.2, 0.25) is 17.6 Å². The van der Waals surface area contributed by atoms with E-state index in [0.717, 1.165) is 72.3 Å². The number of piperazine rings is 1. The standard InChI is InChI=1S/C45H43F3N8O7S/c46-28-11-12-55(24-28)64(61,62)52-37-8-7-36(47)40(41(37)48)42(58)35-22-50-43-34(35)18-26(21-49-43)25-1-3-29(4-2-25)53-13-15-54(16-14-53)30-19-32(20-30)63-31-5-6-33-27(17-31)23-56(45(33)60)38-9-10-39(57)51-44(38)59/h1-8,17-18,21-22,28,30,32,38,52H,9-16,19-20,23-24H2,(H,49,50)(H,51,57,59)/t28-,30?,32?,38?/m1/s1. The molecule has 3 aromatic carbocycles. The summed E-state index contributed by atoms with van der Waals surface area (Å²) in [6.45, 7) is 3.24. The average molecular weight is 897 g/mol. The van der Waals surface area contributed by atoms with E-state index in [0.29, 0.717) is 46.9 Å². The molecule has 5 aliphatic rings. The van der Waals surface area contributed by atoms with Gasteiger partial charge in [-0.2, -0.15) is 12.7 Å². The number of ether oxygens (including phenoxy) is 1. The van der Waals surface area contributed by atoms with Gasteiger partial charge in [-0.15, -0.1) is 0 Å². The van der Waals surface area contributed by atoms with E-state index in [4.69, 9.17) is 4.74 Å². The number of pyridine rings is 1. The van der Waals surface area contributed by atoms with Crippen molar-refractivity contribution < 1.29 is 45.5 Å². The van der Waals surface area contributed by atoms with E-state index in [2.05, 4.69) is 25.1 Å². The van der Waals surface area contributed by atoms with Crippen LogP contribution in [0.15, 0.2) is 73.1 Å². The van der Waals surface area contributed by atoms with Crippen LogP contribution in [0, 0.1) is 11.6 Å². The lowest BCUT2D eigenvalue weighted by Gasteiger charge is -2.46. The lowest BCUT2D eigenvalue weighted by atomic mass is 9.87. The summed E-state index contributed by atoms with van der Waals surface area (Å²) in [5, 5.41) is 2.66. The Morgan fingerprint density at radius 1 is 0.906 bits per heavy atom. The molecule has 3 N–H and O–H groups in total. The fraction of sp³-hybridized carbons (Fsp3) is 0.356. The van der Waals surface area contributed by atoms with Crippen LogP contribution >= 0.6 is 0 Å². The van der Waals surface area contributed by atoms with Gasteiger partial charge in [0.25, 0.3) is 5.91 Å². The molecule has 19 heteroatoms. The molecule has 10 rings (SSSR count). The van der Waals surface area contributed by atoms with E-state index in [9.17, 15) is 32.0 Å². The number of benzene rings is 3. The fourth-order valence-corrected chi connectivity index (χ4v) is 10.7. The number of carbonyl (C=O) groups is 4. The molecule has 1 saturated carbocycles. The van der Waals surface area contributed by atoms with Crippen LogP contribution in [0.2, 0.25) is 0 Å². The molecular formula is C45H43F3N8O7S. The summed E-state index contributed by atoms with van der Waals surface area (Å²) in [6, 6.07) is 16.5. The predicted molar refractivity (Wildman–Crippen MR) is 229 cm³/mol. The first-order valence-corrected chi connectivity index (χ1v) is 22.7. The summed E-state index contributed by atoms with van der Waals surface area (Å²) in [5.74, 6) is -3.84. The van der Waals surface area contributed by atoms with E-state index in [1.165, 1.54) is 11.1 Å². The Balaban J connectivity index is 0.739. The van der Waals surface area contributed by atoms with Gasteiger partial charge in [0.1, 0.15) is 35.5 Å².